The monoisotopic (exact) mass is 208 g/mol. The van der Waals surface area contributed by atoms with Crippen LogP contribution in [0.5, 0.6) is 0 Å². The zero-order chi connectivity index (χ0) is 10.7. The molecule has 2 saturated carbocycles. The lowest BCUT2D eigenvalue weighted by Crippen LogP contribution is -2.10. The molecule has 0 aromatic rings. The van der Waals surface area contributed by atoms with Crippen molar-refractivity contribution in [2.45, 2.75) is 51.4 Å². The van der Waals surface area contributed by atoms with Crippen molar-refractivity contribution < 1.29 is 9.90 Å². The number of allylic oxidation sites excluding steroid dienone is 1. The Morgan fingerprint density at radius 1 is 0.933 bits per heavy atom. The fraction of sp³-hybridized carbons (Fsp3) is 0.769. The molecule has 0 saturated heterocycles. The van der Waals surface area contributed by atoms with Gasteiger partial charge in [0.15, 0.2) is 0 Å². The summed E-state index contributed by atoms with van der Waals surface area (Å²) in [5.41, 5.74) is 1.26. The molecule has 2 aliphatic rings. The molecule has 2 aliphatic carbocycles. The SMILES string of the molecule is O=C(O)C=C(C1CCCC1)C1CCCC1. The average Bonchev–Trinajstić information content (AvgIpc) is 2.87. The summed E-state index contributed by atoms with van der Waals surface area (Å²) in [6.07, 6.45) is 11.5. The van der Waals surface area contributed by atoms with Crippen LogP contribution in [-0.4, -0.2) is 11.1 Å². The third kappa shape index (κ3) is 2.61. The van der Waals surface area contributed by atoms with E-state index in [0.717, 1.165) is 0 Å². The van der Waals surface area contributed by atoms with Gasteiger partial charge in [-0.05, 0) is 37.5 Å². The van der Waals surface area contributed by atoms with E-state index in [4.69, 9.17) is 5.11 Å². The molecule has 0 aliphatic heterocycles. The Labute approximate surface area is 91.4 Å². The Kier molecular flexibility index (Phi) is 3.45. The summed E-state index contributed by atoms with van der Waals surface area (Å²) in [6, 6.07) is 0. The van der Waals surface area contributed by atoms with Crippen molar-refractivity contribution in [3.05, 3.63) is 11.6 Å². The highest BCUT2D eigenvalue weighted by Gasteiger charge is 2.28. The van der Waals surface area contributed by atoms with Gasteiger partial charge in [-0.25, -0.2) is 4.79 Å². The van der Waals surface area contributed by atoms with Gasteiger partial charge in [-0.3, -0.25) is 0 Å². The summed E-state index contributed by atoms with van der Waals surface area (Å²) < 4.78 is 0. The normalized spacial score (nSPS) is 23.2. The first-order valence-electron chi connectivity index (χ1n) is 6.22. The zero-order valence-corrected chi connectivity index (χ0v) is 9.24. The second-order valence-electron chi connectivity index (χ2n) is 4.95. The molecule has 2 heteroatoms. The first kappa shape index (κ1) is 10.7. The van der Waals surface area contributed by atoms with E-state index in [0.29, 0.717) is 11.8 Å². The molecule has 0 bridgehead atoms. The van der Waals surface area contributed by atoms with Crippen LogP contribution in [-0.2, 0) is 4.79 Å². The number of hydrogen-bond donors (Lipinski definition) is 1. The first-order valence-corrected chi connectivity index (χ1v) is 6.22. The highest BCUT2D eigenvalue weighted by molar-refractivity contribution is 5.80. The van der Waals surface area contributed by atoms with Crippen LogP contribution in [0, 0.1) is 11.8 Å². The van der Waals surface area contributed by atoms with Crippen LogP contribution < -0.4 is 0 Å². The molecule has 0 unspecified atom stereocenters. The van der Waals surface area contributed by atoms with Crippen LogP contribution in [0.3, 0.4) is 0 Å². The molecule has 0 spiro atoms. The van der Waals surface area contributed by atoms with E-state index < -0.39 is 5.97 Å². The summed E-state index contributed by atoms with van der Waals surface area (Å²) in [5.74, 6) is 0.428. The summed E-state index contributed by atoms with van der Waals surface area (Å²) in [6.45, 7) is 0. The molecule has 2 fully saturated rings. The van der Waals surface area contributed by atoms with Crippen LogP contribution >= 0.6 is 0 Å². The number of carbonyl (C=O) groups is 1. The molecule has 0 atom stereocenters. The minimum absolute atomic E-state index is 0.587. The van der Waals surface area contributed by atoms with Gasteiger partial charge in [0.25, 0.3) is 0 Å². The number of carboxylic acid groups (broad SMARTS) is 1. The molecule has 0 aromatic carbocycles. The van der Waals surface area contributed by atoms with E-state index in [1.54, 1.807) is 0 Å². The average molecular weight is 208 g/mol. The molecule has 2 nitrogen and oxygen atoms in total. The number of hydrogen-bond acceptors (Lipinski definition) is 1. The van der Waals surface area contributed by atoms with Gasteiger partial charge < -0.3 is 5.11 Å². The Bertz CT molecular complexity index is 238. The van der Waals surface area contributed by atoms with E-state index >= 15 is 0 Å². The van der Waals surface area contributed by atoms with Gasteiger partial charge >= 0.3 is 5.97 Å². The van der Waals surface area contributed by atoms with E-state index in [9.17, 15) is 4.79 Å². The summed E-state index contributed by atoms with van der Waals surface area (Å²) in [7, 11) is 0. The number of carboxylic acids is 1. The number of rotatable bonds is 3. The molecule has 0 radical (unpaired) electrons. The highest BCUT2D eigenvalue weighted by Crippen LogP contribution is 2.41. The predicted molar refractivity (Wildman–Crippen MR) is 59.6 cm³/mol. The fourth-order valence-corrected chi connectivity index (χ4v) is 3.23. The van der Waals surface area contributed by atoms with Crippen molar-refractivity contribution in [1.82, 2.24) is 0 Å². The molecule has 0 aromatic heterocycles. The van der Waals surface area contributed by atoms with Gasteiger partial charge in [-0.1, -0.05) is 31.3 Å². The van der Waals surface area contributed by atoms with Gasteiger partial charge in [-0.2, -0.15) is 0 Å². The van der Waals surface area contributed by atoms with Crippen molar-refractivity contribution >= 4 is 5.97 Å². The van der Waals surface area contributed by atoms with Crippen molar-refractivity contribution in [1.29, 1.82) is 0 Å². The highest BCUT2D eigenvalue weighted by atomic mass is 16.4. The van der Waals surface area contributed by atoms with Crippen LogP contribution in [0.25, 0.3) is 0 Å². The largest absolute Gasteiger partial charge is 0.478 e. The summed E-state index contributed by atoms with van der Waals surface area (Å²) >= 11 is 0. The van der Waals surface area contributed by atoms with Gasteiger partial charge in [0.2, 0.25) is 0 Å². The zero-order valence-electron chi connectivity index (χ0n) is 9.24. The van der Waals surface area contributed by atoms with E-state index in [-0.39, 0.29) is 0 Å². The second kappa shape index (κ2) is 4.82. The van der Waals surface area contributed by atoms with E-state index in [1.807, 2.05) is 0 Å². The number of aliphatic carboxylic acids is 1. The first-order chi connectivity index (χ1) is 7.27. The van der Waals surface area contributed by atoms with Crippen LogP contribution in [0.1, 0.15) is 51.4 Å². The maximum atomic E-state index is 10.8. The van der Waals surface area contributed by atoms with Crippen LogP contribution in [0.15, 0.2) is 11.6 Å². The lowest BCUT2D eigenvalue weighted by Gasteiger charge is -2.20. The topological polar surface area (TPSA) is 37.3 Å². The molecule has 15 heavy (non-hydrogen) atoms. The Balaban J connectivity index is 2.10. The van der Waals surface area contributed by atoms with Gasteiger partial charge in [-0.15, -0.1) is 0 Å². The van der Waals surface area contributed by atoms with Gasteiger partial charge in [0.05, 0.1) is 0 Å². The van der Waals surface area contributed by atoms with Crippen LogP contribution in [0.2, 0.25) is 0 Å². The van der Waals surface area contributed by atoms with Crippen LogP contribution in [0.4, 0.5) is 0 Å². The minimum atomic E-state index is -0.746. The third-order valence-corrected chi connectivity index (χ3v) is 3.94. The molecular weight excluding hydrogens is 188 g/mol. The summed E-state index contributed by atoms with van der Waals surface area (Å²) in [4.78, 5) is 10.8. The Morgan fingerprint density at radius 2 is 1.33 bits per heavy atom. The van der Waals surface area contributed by atoms with Gasteiger partial charge in [0.1, 0.15) is 0 Å². The van der Waals surface area contributed by atoms with E-state index in [1.165, 1.54) is 63.0 Å². The second-order valence-corrected chi connectivity index (χ2v) is 4.95. The Morgan fingerprint density at radius 3 is 1.67 bits per heavy atom. The quantitative estimate of drug-likeness (QED) is 0.722. The molecule has 0 amide bonds. The maximum Gasteiger partial charge on any atom is 0.328 e. The standard InChI is InChI=1S/C13H20O2/c14-13(15)9-12(10-5-1-2-6-10)11-7-3-4-8-11/h9-11H,1-8H2,(H,14,15). The summed E-state index contributed by atoms with van der Waals surface area (Å²) in [5, 5.41) is 8.93. The lowest BCUT2D eigenvalue weighted by atomic mass is 9.85. The van der Waals surface area contributed by atoms with Crippen molar-refractivity contribution in [2.75, 3.05) is 0 Å². The smallest absolute Gasteiger partial charge is 0.328 e. The van der Waals surface area contributed by atoms with Crippen molar-refractivity contribution in [2.24, 2.45) is 11.8 Å². The molecule has 2 rings (SSSR count). The third-order valence-electron chi connectivity index (χ3n) is 3.94. The molecule has 0 heterocycles. The molecule has 84 valence electrons. The maximum absolute atomic E-state index is 10.8. The van der Waals surface area contributed by atoms with Crippen molar-refractivity contribution in [3.8, 4) is 0 Å². The molecule has 1 N–H and O–H groups in total. The Hall–Kier alpha value is -0.790. The van der Waals surface area contributed by atoms with E-state index in [2.05, 4.69) is 0 Å². The van der Waals surface area contributed by atoms with Gasteiger partial charge in [0, 0.05) is 6.08 Å². The molecular formula is C13H20O2. The predicted octanol–water partition coefficient (Wildman–Crippen LogP) is 3.38. The fourth-order valence-electron chi connectivity index (χ4n) is 3.23. The van der Waals surface area contributed by atoms with Crippen molar-refractivity contribution in [3.63, 3.8) is 0 Å². The minimum Gasteiger partial charge on any atom is -0.478 e. The lowest BCUT2D eigenvalue weighted by molar-refractivity contribution is -0.131.